The molecule has 1 amide bonds. The number of nitrogens with zero attached hydrogens (tertiary/aromatic N) is 1. The van der Waals surface area contributed by atoms with Crippen LogP contribution in [0.25, 0.3) is 0 Å². The zero-order valence-electron chi connectivity index (χ0n) is 12.1. The Kier molecular flexibility index (Phi) is 3.12. The molecular weight excluding hydrogens is 268 g/mol. The zero-order valence-corrected chi connectivity index (χ0v) is 12.1. The summed E-state index contributed by atoms with van der Waals surface area (Å²) in [5.74, 6) is 1.01. The maximum Gasteiger partial charge on any atom is 0.238 e. The molecule has 1 aromatic carbocycles. The predicted molar refractivity (Wildman–Crippen MR) is 76.9 cm³/mol. The number of carbonyl (C=O) groups is 1. The summed E-state index contributed by atoms with van der Waals surface area (Å²) in [4.78, 5) is 14.3. The van der Waals surface area contributed by atoms with E-state index in [9.17, 15) is 4.79 Å². The molecule has 4 atom stereocenters. The fourth-order valence-corrected chi connectivity index (χ4v) is 3.86. The molecule has 0 spiro atoms. The fourth-order valence-electron chi connectivity index (χ4n) is 3.86. The minimum atomic E-state index is -0.0450. The molecule has 1 N–H and O–H groups in total. The Morgan fingerprint density at radius 2 is 2.10 bits per heavy atom. The average Bonchev–Trinajstić information content (AvgIpc) is 3.22. The van der Waals surface area contributed by atoms with Gasteiger partial charge < -0.3 is 14.4 Å². The maximum absolute atomic E-state index is 12.3. The molecule has 3 aliphatic rings. The van der Waals surface area contributed by atoms with Crippen LogP contribution in [0, 0.1) is 0 Å². The lowest BCUT2D eigenvalue weighted by atomic mass is 9.93. The lowest BCUT2D eigenvalue weighted by Crippen LogP contribution is -2.45. The SMILES string of the molecule is COc1ccc(C2NCC(=O)N2C2CC3CCC2O3)cc1. The highest BCUT2D eigenvalue weighted by Gasteiger charge is 2.48. The first-order valence-corrected chi connectivity index (χ1v) is 7.60. The number of methoxy groups -OCH3 is 1. The number of rotatable bonds is 3. The van der Waals surface area contributed by atoms with Gasteiger partial charge in [0.15, 0.2) is 0 Å². The molecule has 0 aromatic heterocycles. The molecule has 5 nitrogen and oxygen atoms in total. The predicted octanol–water partition coefficient (Wildman–Crippen LogP) is 1.45. The first-order valence-electron chi connectivity index (χ1n) is 7.60. The van der Waals surface area contributed by atoms with E-state index in [1.165, 1.54) is 0 Å². The maximum atomic E-state index is 12.3. The average molecular weight is 288 g/mol. The summed E-state index contributed by atoms with van der Waals surface area (Å²) in [6.07, 6.45) is 3.73. The van der Waals surface area contributed by atoms with Gasteiger partial charge in [-0.3, -0.25) is 10.1 Å². The van der Waals surface area contributed by atoms with E-state index < -0.39 is 0 Å². The van der Waals surface area contributed by atoms with E-state index in [2.05, 4.69) is 5.32 Å². The summed E-state index contributed by atoms with van der Waals surface area (Å²) in [7, 11) is 1.66. The second-order valence-electron chi connectivity index (χ2n) is 6.03. The number of fused-ring (bicyclic) bond motifs is 2. The van der Waals surface area contributed by atoms with Crippen LogP contribution >= 0.6 is 0 Å². The highest BCUT2D eigenvalue weighted by atomic mass is 16.5. The molecule has 0 radical (unpaired) electrons. The van der Waals surface area contributed by atoms with Crippen molar-refractivity contribution in [2.75, 3.05) is 13.7 Å². The molecule has 3 heterocycles. The van der Waals surface area contributed by atoms with Gasteiger partial charge in [0.2, 0.25) is 5.91 Å². The van der Waals surface area contributed by atoms with Crippen LogP contribution in [0.4, 0.5) is 0 Å². The molecule has 21 heavy (non-hydrogen) atoms. The highest BCUT2D eigenvalue weighted by Crippen LogP contribution is 2.40. The van der Waals surface area contributed by atoms with E-state index in [4.69, 9.17) is 9.47 Å². The van der Waals surface area contributed by atoms with Crippen LogP contribution in [-0.4, -0.2) is 42.7 Å². The van der Waals surface area contributed by atoms with Crippen molar-refractivity contribution in [1.82, 2.24) is 10.2 Å². The molecule has 3 fully saturated rings. The van der Waals surface area contributed by atoms with Gasteiger partial charge in [0.1, 0.15) is 11.9 Å². The summed E-state index contributed by atoms with van der Waals surface area (Å²) in [5.41, 5.74) is 1.10. The van der Waals surface area contributed by atoms with Gasteiger partial charge in [-0.1, -0.05) is 12.1 Å². The monoisotopic (exact) mass is 288 g/mol. The minimum absolute atomic E-state index is 0.0450. The van der Waals surface area contributed by atoms with Crippen molar-refractivity contribution in [1.29, 1.82) is 0 Å². The molecule has 0 aliphatic carbocycles. The van der Waals surface area contributed by atoms with E-state index in [1.807, 2.05) is 29.2 Å². The molecule has 2 bridgehead atoms. The van der Waals surface area contributed by atoms with Crippen LogP contribution in [0.5, 0.6) is 5.75 Å². The van der Waals surface area contributed by atoms with Gasteiger partial charge in [-0.05, 0) is 37.0 Å². The smallest absolute Gasteiger partial charge is 0.238 e. The van der Waals surface area contributed by atoms with Crippen molar-refractivity contribution in [3.8, 4) is 5.75 Å². The van der Waals surface area contributed by atoms with Crippen LogP contribution in [0.15, 0.2) is 24.3 Å². The Hall–Kier alpha value is -1.59. The van der Waals surface area contributed by atoms with Gasteiger partial charge in [-0.2, -0.15) is 0 Å². The third kappa shape index (κ3) is 2.12. The lowest BCUT2D eigenvalue weighted by molar-refractivity contribution is -0.131. The van der Waals surface area contributed by atoms with E-state index in [-0.39, 0.29) is 24.2 Å². The molecule has 4 rings (SSSR count). The molecule has 0 saturated carbocycles. The van der Waals surface area contributed by atoms with Crippen LogP contribution in [0.2, 0.25) is 0 Å². The summed E-state index contributed by atoms with van der Waals surface area (Å²) < 4.78 is 11.1. The van der Waals surface area contributed by atoms with Gasteiger partial charge >= 0.3 is 0 Å². The Bertz CT molecular complexity index is 545. The Balaban J connectivity index is 1.59. The van der Waals surface area contributed by atoms with E-state index in [1.54, 1.807) is 7.11 Å². The number of benzene rings is 1. The van der Waals surface area contributed by atoms with Crippen molar-refractivity contribution in [2.24, 2.45) is 0 Å². The molecule has 1 aromatic rings. The number of ether oxygens (including phenoxy) is 2. The number of carbonyl (C=O) groups excluding carboxylic acids is 1. The van der Waals surface area contributed by atoms with Crippen LogP contribution in [0.3, 0.4) is 0 Å². The molecule has 112 valence electrons. The standard InChI is InChI=1S/C16H20N2O3/c1-20-11-4-2-10(3-5-11)16-17-9-15(19)18(16)13-8-12-6-7-14(13)21-12/h2-5,12-14,16-17H,6-9H2,1H3. The summed E-state index contributed by atoms with van der Waals surface area (Å²) in [6.45, 7) is 0.407. The van der Waals surface area contributed by atoms with Crippen LogP contribution in [-0.2, 0) is 9.53 Å². The Labute approximate surface area is 124 Å². The normalized spacial score (nSPS) is 34.7. The van der Waals surface area contributed by atoms with Crippen molar-refractivity contribution in [3.05, 3.63) is 29.8 Å². The molecule has 5 heteroatoms. The number of nitrogens with one attached hydrogen (secondary N) is 1. The minimum Gasteiger partial charge on any atom is -0.497 e. The molecular formula is C16H20N2O3. The van der Waals surface area contributed by atoms with E-state index >= 15 is 0 Å². The summed E-state index contributed by atoms with van der Waals surface area (Å²) in [6, 6.07) is 8.15. The first-order chi connectivity index (χ1) is 10.3. The summed E-state index contributed by atoms with van der Waals surface area (Å²) >= 11 is 0. The number of hydrogen-bond acceptors (Lipinski definition) is 4. The Morgan fingerprint density at radius 1 is 1.29 bits per heavy atom. The van der Waals surface area contributed by atoms with Crippen molar-refractivity contribution in [2.45, 2.75) is 43.7 Å². The van der Waals surface area contributed by atoms with Crippen molar-refractivity contribution >= 4 is 5.91 Å². The van der Waals surface area contributed by atoms with E-state index in [0.717, 1.165) is 30.6 Å². The van der Waals surface area contributed by atoms with Gasteiger partial charge in [0, 0.05) is 0 Å². The fraction of sp³-hybridized carbons (Fsp3) is 0.562. The Morgan fingerprint density at radius 3 is 2.71 bits per heavy atom. The second-order valence-corrected chi connectivity index (χ2v) is 6.03. The van der Waals surface area contributed by atoms with Crippen LogP contribution < -0.4 is 10.1 Å². The van der Waals surface area contributed by atoms with Gasteiger partial charge in [0.25, 0.3) is 0 Å². The molecule has 3 saturated heterocycles. The van der Waals surface area contributed by atoms with Crippen molar-refractivity contribution in [3.63, 3.8) is 0 Å². The van der Waals surface area contributed by atoms with Crippen molar-refractivity contribution < 1.29 is 14.3 Å². The zero-order chi connectivity index (χ0) is 14.4. The second kappa shape index (κ2) is 5.00. The third-order valence-electron chi connectivity index (χ3n) is 4.88. The van der Waals surface area contributed by atoms with Gasteiger partial charge in [-0.15, -0.1) is 0 Å². The lowest BCUT2D eigenvalue weighted by Gasteiger charge is -2.34. The molecule has 3 aliphatic heterocycles. The third-order valence-corrected chi connectivity index (χ3v) is 4.88. The van der Waals surface area contributed by atoms with Crippen LogP contribution in [0.1, 0.15) is 31.0 Å². The number of hydrogen-bond donors (Lipinski definition) is 1. The van der Waals surface area contributed by atoms with Gasteiger partial charge in [0.05, 0.1) is 31.9 Å². The highest BCUT2D eigenvalue weighted by molar-refractivity contribution is 5.81. The molecule has 4 unspecified atom stereocenters. The largest absolute Gasteiger partial charge is 0.497 e. The first kappa shape index (κ1) is 13.1. The summed E-state index contributed by atoms with van der Waals surface area (Å²) in [5, 5.41) is 3.33. The van der Waals surface area contributed by atoms with Gasteiger partial charge in [-0.25, -0.2) is 0 Å². The quantitative estimate of drug-likeness (QED) is 0.914. The number of amides is 1. The topological polar surface area (TPSA) is 50.8 Å². The van der Waals surface area contributed by atoms with E-state index in [0.29, 0.717) is 12.6 Å².